The highest BCUT2D eigenvalue weighted by Gasteiger charge is 2.36. The molecule has 2 amide bonds. The molecule has 2 saturated heterocycles. The van der Waals surface area contributed by atoms with E-state index < -0.39 is 12.0 Å². The van der Waals surface area contributed by atoms with Gasteiger partial charge in [-0.2, -0.15) is 0 Å². The zero-order chi connectivity index (χ0) is 15.4. The topological polar surface area (TPSA) is 73.3 Å². The lowest BCUT2D eigenvalue weighted by molar-refractivity contribution is -0.147. The van der Waals surface area contributed by atoms with Gasteiger partial charge in [0.2, 0.25) is 0 Å². The van der Waals surface area contributed by atoms with Crippen LogP contribution in [0.15, 0.2) is 0 Å². The van der Waals surface area contributed by atoms with Crippen molar-refractivity contribution in [3.05, 3.63) is 0 Å². The summed E-state index contributed by atoms with van der Waals surface area (Å²) in [5.74, 6) is -0.999. The molecule has 2 heterocycles. The van der Waals surface area contributed by atoms with Gasteiger partial charge in [-0.1, -0.05) is 6.92 Å². The van der Waals surface area contributed by atoms with Crippen LogP contribution in [0.4, 0.5) is 4.79 Å². The van der Waals surface area contributed by atoms with Crippen molar-refractivity contribution in [2.75, 3.05) is 45.9 Å². The molecule has 2 fully saturated rings. The molecule has 2 aliphatic heterocycles. The van der Waals surface area contributed by atoms with Crippen LogP contribution in [0.25, 0.3) is 0 Å². The van der Waals surface area contributed by atoms with Crippen LogP contribution in [0.3, 0.4) is 0 Å². The lowest BCUT2D eigenvalue weighted by atomic mass is 10.2. The largest absolute Gasteiger partial charge is 0.480 e. The van der Waals surface area contributed by atoms with Gasteiger partial charge in [0.05, 0.1) is 13.2 Å². The smallest absolute Gasteiger partial charge is 0.328 e. The zero-order valence-electron chi connectivity index (χ0n) is 12.8. The second-order valence-electron chi connectivity index (χ2n) is 5.69. The molecule has 0 aromatic heterocycles. The number of aliphatic carboxylic acids is 1. The van der Waals surface area contributed by atoms with Crippen molar-refractivity contribution in [1.82, 2.24) is 14.7 Å². The van der Waals surface area contributed by atoms with Gasteiger partial charge < -0.3 is 19.6 Å². The maximum Gasteiger partial charge on any atom is 0.328 e. The summed E-state index contributed by atoms with van der Waals surface area (Å²) >= 11 is 0. The fourth-order valence-corrected chi connectivity index (χ4v) is 2.83. The van der Waals surface area contributed by atoms with E-state index in [-0.39, 0.29) is 12.6 Å². The number of piperazine rings is 1. The Morgan fingerprint density at radius 3 is 2.48 bits per heavy atom. The molecule has 7 heteroatoms. The van der Waals surface area contributed by atoms with Gasteiger partial charge in [0.25, 0.3) is 0 Å². The molecule has 2 aliphatic rings. The predicted octanol–water partition coefficient (Wildman–Crippen LogP) is 0.308. The number of carbonyl (C=O) groups excluding carboxylic acids is 1. The normalized spacial score (nSPS) is 25.7. The Morgan fingerprint density at radius 2 is 1.90 bits per heavy atom. The standard InChI is InChI=1S/C14H25N3O4/c1-3-11(2)15-4-6-16(7-5-15)14(20)17-8-9-21-10-12(17)13(18)19/h11-12H,3-10H2,1-2H3,(H,18,19). The number of morpholine rings is 1. The first-order chi connectivity index (χ1) is 10.0. The van der Waals surface area contributed by atoms with Crippen molar-refractivity contribution < 1.29 is 19.4 Å². The molecule has 0 radical (unpaired) electrons. The van der Waals surface area contributed by atoms with Crippen LogP contribution in [-0.4, -0.2) is 89.8 Å². The molecule has 0 aliphatic carbocycles. The number of urea groups is 1. The van der Waals surface area contributed by atoms with E-state index in [1.54, 1.807) is 4.90 Å². The summed E-state index contributed by atoms with van der Waals surface area (Å²) in [4.78, 5) is 29.3. The molecular weight excluding hydrogens is 274 g/mol. The Labute approximate surface area is 125 Å². The van der Waals surface area contributed by atoms with Crippen LogP contribution in [0.5, 0.6) is 0 Å². The molecule has 0 spiro atoms. The Morgan fingerprint density at radius 1 is 1.24 bits per heavy atom. The van der Waals surface area contributed by atoms with Crippen LogP contribution in [0.1, 0.15) is 20.3 Å². The van der Waals surface area contributed by atoms with Gasteiger partial charge in [-0.25, -0.2) is 9.59 Å². The Balaban J connectivity index is 1.93. The minimum absolute atomic E-state index is 0.0773. The minimum atomic E-state index is -0.999. The highest BCUT2D eigenvalue weighted by Crippen LogP contribution is 2.14. The van der Waals surface area contributed by atoms with E-state index in [4.69, 9.17) is 4.74 Å². The number of carboxylic acids is 1. The first-order valence-electron chi connectivity index (χ1n) is 7.64. The lowest BCUT2D eigenvalue weighted by Gasteiger charge is -2.41. The van der Waals surface area contributed by atoms with Crippen LogP contribution < -0.4 is 0 Å². The molecule has 1 N–H and O–H groups in total. The molecular formula is C14H25N3O4. The number of rotatable bonds is 3. The van der Waals surface area contributed by atoms with Crippen LogP contribution in [-0.2, 0) is 9.53 Å². The van der Waals surface area contributed by atoms with E-state index in [0.29, 0.717) is 32.3 Å². The first kappa shape index (κ1) is 16.0. The molecule has 120 valence electrons. The van der Waals surface area contributed by atoms with E-state index in [0.717, 1.165) is 19.5 Å². The number of hydrogen-bond acceptors (Lipinski definition) is 4. The molecule has 21 heavy (non-hydrogen) atoms. The molecule has 2 rings (SSSR count). The molecule has 0 saturated carbocycles. The average molecular weight is 299 g/mol. The summed E-state index contributed by atoms with van der Waals surface area (Å²) in [5, 5.41) is 9.20. The van der Waals surface area contributed by atoms with Gasteiger partial charge in [-0.05, 0) is 13.3 Å². The van der Waals surface area contributed by atoms with Gasteiger partial charge in [0.15, 0.2) is 6.04 Å². The first-order valence-corrected chi connectivity index (χ1v) is 7.64. The molecule has 2 atom stereocenters. The Bertz CT molecular complexity index is 382. The van der Waals surface area contributed by atoms with E-state index >= 15 is 0 Å². The van der Waals surface area contributed by atoms with Gasteiger partial charge in [-0.15, -0.1) is 0 Å². The second kappa shape index (κ2) is 7.09. The van der Waals surface area contributed by atoms with Crippen LogP contribution in [0, 0.1) is 0 Å². The highest BCUT2D eigenvalue weighted by molar-refractivity contribution is 5.83. The van der Waals surface area contributed by atoms with Crippen molar-refractivity contribution in [3.63, 3.8) is 0 Å². The number of nitrogens with zero attached hydrogens (tertiary/aromatic N) is 3. The third-order valence-corrected chi connectivity index (χ3v) is 4.46. The monoisotopic (exact) mass is 299 g/mol. The Hall–Kier alpha value is -1.34. The number of amides is 2. The van der Waals surface area contributed by atoms with Crippen molar-refractivity contribution in [3.8, 4) is 0 Å². The molecule has 7 nitrogen and oxygen atoms in total. The SMILES string of the molecule is CCC(C)N1CCN(C(=O)N2CCOCC2C(=O)O)CC1. The summed E-state index contributed by atoms with van der Waals surface area (Å²) in [6.07, 6.45) is 1.10. The number of hydrogen-bond donors (Lipinski definition) is 1. The fraction of sp³-hybridized carbons (Fsp3) is 0.857. The third-order valence-electron chi connectivity index (χ3n) is 4.46. The summed E-state index contributed by atoms with van der Waals surface area (Å²) < 4.78 is 5.17. The third kappa shape index (κ3) is 3.65. The maximum absolute atomic E-state index is 12.5. The van der Waals surface area contributed by atoms with Crippen molar-refractivity contribution >= 4 is 12.0 Å². The highest BCUT2D eigenvalue weighted by atomic mass is 16.5. The fourth-order valence-electron chi connectivity index (χ4n) is 2.83. The summed E-state index contributed by atoms with van der Waals surface area (Å²) in [7, 11) is 0. The Kier molecular flexibility index (Phi) is 5.41. The average Bonchev–Trinajstić information content (AvgIpc) is 2.53. The van der Waals surface area contributed by atoms with Crippen molar-refractivity contribution in [2.24, 2.45) is 0 Å². The summed E-state index contributed by atoms with van der Waals surface area (Å²) in [5.41, 5.74) is 0. The molecule has 0 bridgehead atoms. The van der Waals surface area contributed by atoms with Crippen molar-refractivity contribution in [1.29, 1.82) is 0 Å². The summed E-state index contributed by atoms with van der Waals surface area (Å²) in [6.45, 7) is 8.20. The zero-order valence-corrected chi connectivity index (χ0v) is 12.8. The van der Waals surface area contributed by atoms with E-state index in [1.807, 2.05) is 0 Å². The second-order valence-corrected chi connectivity index (χ2v) is 5.69. The number of carboxylic acid groups (broad SMARTS) is 1. The number of ether oxygens (including phenoxy) is 1. The van der Waals surface area contributed by atoms with E-state index in [9.17, 15) is 14.7 Å². The lowest BCUT2D eigenvalue weighted by Crippen LogP contribution is -2.60. The minimum Gasteiger partial charge on any atom is -0.480 e. The molecule has 0 aromatic rings. The van der Waals surface area contributed by atoms with Crippen molar-refractivity contribution in [2.45, 2.75) is 32.4 Å². The molecule has 2 unspecified atom stereocenters. The van der Waals surface area contributed by atoms with Gasteiger partial charge in [0.1, 0.15) is 0 Å². The predicted molar refractivity (Wildman–Crippen MR) is 77.2 cm³/mol. The van der Waals surface area contributed by atoms with Gasteiger partial charge in [0, 0.05) is 38.8 Å². The van der Waals surface area contributed by atoms with Crippen LogP contribution in [0.2, 0.25) is 0 Å². The maximum atomic E-state index is 12.5. The molecule has 0 aromatic carbocycles. The van der Waals surface area contributed by atoms with E-state index in [1.165, 1.54) is 4.90 Å². The van der Waals surface area contributed by atoms with E-state index in [2.05, 4.69) is 18.7 Å². The van der Waals surface area contributed by atoms with Crippen LogP contribution >= 0.6 is 0 Å². The van der Waals surface area contributed by atoms with Gasteiger partial charge >= 0.3 is 12.0 Å². The number of carbonyl (C=O) groups is 2. The summed E-state index contributed by atoms with van der Waals surface area (Å²) in [6, 6.07) is -0.509. The quantitative estimate of drug-likeness (QED) is 0.812. The van der Waals surface area contributed by atoms with Gasteiger partial charge in [-0.3, -0.25) is 4.90 Å².